The van der Waals surface area contributed by atoms with Crippen molar-refractivity contribution in [3.63, 3.8) is 0 Å². The molecule has 0 aliphatic rings. The van der Waals surface area contributed by atoms with E-state index in [1.54, 1.807) is 11.8 Å². The zero-order chi connectivity index (χ0) is 15.4. The van der Waals surface area contributed by atoms with Crippen LogP contribution in [0.2, 0.25) is 0 Å². The van der Waals surface area contributed by atoms with Gasteiger partial charge in [0.15, 0.2) is 5.16 Å². The van der Waals surface area contributed by atoms with Gasteiger partial charge in [-0.2, -0.15) is 0 Å². The molecule has 0 saturated carbocycles. The Kier molecular flexibility index (Phi) is 5.79. The molecule has 1 aromatic carbocycles. The molecule has 0 amide bonds. The van der Waals surface area contributed by atoms with Crippen LogP contribution in [0.3, 0.4) is 0 Å². The highest BCUT2D eigenvalue weighted by Gasteiger charge is 2.08. The number of benzene rings is 1. The van der Waals surface area contributed by atoms with E-state index in [0.717, 1.165) is 38.8 Å². The quantitative estimate of drug-likeness (QED) is 0.803. The minimum Gasteiger partial charge on any atom is -0.327 e. The maximum absolute atomic E-state index is 6.02. The molecular weight excluding hydrogens is 346 g/mol. The fourth-order valence-electron chi connectivity index (χ4n) is 2.03. The fraction of sp³-hybridized carbons (Fsp3) is 0.375. The van der Waals surface area contributed by atoms with E-state index >= 15 is 0 Å². The van der Waals surface area contributed by atoms with Gasteiger partial charge in [-0.25, -0.2) is 9.97 Å². The molecule has 2 N–H and O–H groups in total. The number of hydrogen-bond donors (Lipinski definition) is 1. The molecule has 3 nitrogen and oxygen atoms in total. The number of rotatable bonds is 5. The van der Waals surface area contributed by atoms with Crippen LogP contribution in [0.4, 0.5) is 0 Å². The van der Waals surface area contributed by atoms with Crippen molar-refractivity contribution in [2.45, 2.75) is 49.7 Å². The molecule has 0 saturated heterocycles. The van der Waals surface area contributed by atoms with Gasteiger partial charge in [-0.3, -0.25) is 0 Å². The molecule has 5 heteroatoms. The van der Waals surface area contributed by atoms with Crippen LogP contribution in [0.1, 0.15) is 30.3 Å². The second-order valence-corrected chi connectivity index (χ2v) is 7.06. The lowest BCUT2D eigenvalue weighted by Gasteiger charge is -2.11. The highest BCUT2D eigenvalue weighted by Crippen LogP contribution is 2.30. The van der Waals surface area contributed by atoms with Crippen LogP contribution in [0, 0.1) is 13.8 Å². The van der Waals surface area contributed by atoms with Gasteiger partial charge in [0.05, 0.1) is 0 Å². The van der Waals surface area contributed by atoms with Crippen molar-refractivity contribution in [1.82, 2.24) is 9.97 Å². The van der Waals surface area contributed by atoms with Crippen molar-refractivity contribution in [2.24, 2.45) is 5.73 Å². The molecule has 112 valence electrons. The number of nitrogens with zero attached hydrogens (tertiary/aromatic N) is 2. The fourth-order valence-corrected chi connectivity index (χ4v) is 3.62. The highest BCUT2D eigenvalue weighted by atomic mass is 79.9. The van der Waals surface area contributed by atoms with E-state index in [1.807, 2.05) is 19.9 Å². The Bertz CT molecular complexity index is 611. The first-order valence-corrected chi connectivity index (χ1v) is 8.63. The Morgan fingerprint density at radius 3 is 2.43 bits per heavy atom. The monoisotopic (exact) mass is 365 g/mol. The molecule has 0 spiro atoms. The zero-order valence-corrected chi connectivity index (χ0v) is 15.0. The van der Waals surface area contributed by atoms with Crippen LogP contribution >= 0.6 is 27.7 Å². The van der Waals surface area contributed by atoms with Gasteiger partial charge < -0.3 is 5.73 Å². The van der Waals surface area contributed by atoms with Crippen molar-refractivity contribution in [2.75, 3.05) is 0 Å². The van der Waals surface area contributed by atoms with Crippen LogP contribution in [0.5, 0.6) is 0 Å². The van der Waals surface area contributed by atoms with E-state index in [-0.39, 0.29) is 6.04 Å². The molecule has 1 atom stereocenters. The second-order valence-electron chi connectivity index (χ2n) is 5.16. The Balaban J connectivity index is 2.16. The van der Waals surface area contributed by atoms with Gasteiger partial charge >= 0.3 is 0 Å². The van der Waals surface area contributed by atoms with Crippen molar-refractivity contribution in [3.8, 4) is 0 Å². The maximum Gasteiger partial charge on any atom is 0.192 e. The number of halogens is 1. The molecule has 0 fully saturated rings. The van der Waals surface area contributed by atoms with Gasteiger partial charge in [0.2, 0.25) is 0 Å². The minimum atomic E-state index is 0.211. The molecule has 2 rings (SSSR count). The van der Waals surface area contributed by atoms with Crippen LogP contribution in [-0.2, 0) is 6.42 Å². The lowest BCUT2D eigenvalue weighted by molar-refractivity contribution is 0.645. The predicted molar refractivity (Wildman–Crippen MR) is 91.7 cm³/mol. The standard InChI is InChI=1S/C16H20BrN3S/c1-4-13(18)8-12-5-6-14(9-15(12)17)21-16-19-10(2)7-11(3)20-16/h5-7,9,13H,4,8,18H2,1-3H3. The average molecular weight is 366 g/mol. The second kappa shape index (κ2) is 7.38. The van der Waals surface area contributed by atoms with Crippen molar-refractivity contribution in [3.05, 3.63) is 45.7 Å². The van der Waals surface area contributed by atoms with E-state index in [2.05, 4.69) is 51.0 Å². The van der Waals surface area contributed by atoms with Crippen LogP contribution in [0.15, 0.2) is 38.8 Å². The Labute approximate surface area is 138 Å². The smallest absolute Gasteiger partial charge is 0.192 e. The number of aromatic nitrogens is 2. The summed E-state index contributed by atoms with van der Waals surface area (Å²) in [5.74, 6) is 0. The van der Waals surface area contributed by atoms with Gasteiger partial charge in [0, 0.05) is 26.8 Å². The van der Waals surface area contributed by atoms with Gasteiger partial charge in [0.25, 0.3) is 0 Å². The molecule has 2 aromatic rings. The molecular formula is C16H20BrN3S. The number of nitrogens with two attached hydrogens (primary N) is 1. The molecule has 1 heterocycles. The maximum atomic E-state index is 6.02. The number of hydrogen-bond acceptors (Lipinski definition) is 4. The van der Waals surface area contributed by atoms with Crippen LogP contribution in [-0.4, -0.2) is 16.0 Å². The lowest BCUT2D eigenvalue weighted by Crippen LogP contribution is -2.21. The molecule has 1 unspecified atom stereocenters. The third kappa shape index (κ3) is 4.80. The van der Waals surface area contributed by atoms with E-state index in [0.29, 0.717) is 0 Å². The Hall–Kier alpha value is -0.910. The molecule has 1 aromatic heterocycles. The third-order valence-corrected chi connectivity index (χ3v) is 4.79. The summed E-state index contributed by atoms with van der Waals surface area (Å²) in [5, 5.41) is 0.789. The number of aryl methyl sites for hydroxylation is 2. The van der Waals surface area contributed by atoms with Gasteiger partial charge in [0.1, 0.15) is 0 Å². The molecule has 0 bridgehead atoms. The minimum absolute atomic E-state index is 0.211. The Morgan fingerprint density at radius 1 is 1.19 bits per heavy atom. The summed E-state index contributed by atoms with van der Waals surface area (Å²) < 4.78 is 1.10. The summed E-state index contributed by atoms with van der Waals surface area (Å²) in [7, 11) is 0. The summed E-state index contributed by atoms with van der Waals surface area (Å²) in [6.07, 6.45) is 1.88. The van der Waals surface area contributed by atoms with E-state index in [1.165, 1.54) is 5.56 Å². The van der Waals surface area contributed by atoms with E-state index in [4.69, 9.17) is 5.73 Å². The van der Waals surface area contributed by atoms with Gasteiger partial charge in [-0.15, -0.1) is 0 Å². The Morgan fingerprint density at radius 2 is 1.86 bits per heavy atom. The average Bonchev–Trinajstić information content (AvgIpc) is 2.40. The first kappa shape index (κ1) is 16.5. The third-order valence-electron chi connectivity index (χ3n) is 3.20. The summed E-state index contributed by atoms with van der Waals surface area (Å²) in [4.78, 5) is 10.0. The lowest BCUT2D eigenvalue weighted by atomic mass is 10.1. The van der Waals surface area contributed by atoms with Gasteiger partial charge in [-0.05, 0) is 62.2 Å². The highest BCUT2D eigenvalue weighted by molar-refractivity contribution is 9.10. The van der Waals surface area contributed by atoms with Crippen molar-refractivity contribution >= 4 is 27.7 Å². The first-order valence-electron chi connectivity index (χ1n) is 7.02. The predicted octanol–water partition coefficient (Wildman–Crippen LogP) is 4.29. The molecule has 0 aliphatic carbocycles. The van der Waals surface area contributed by atoms with Crippen molar-refractivity contribution < 1.29 is 0 Å². The van der Waals surface area contributed by atoms with E-state index in [9.17, 15) is 0 Å². The topological polar surface area (TPSA) is 51.8 Å². The van der Waals surface area contributed by atoms with Crippen LogP contribution < -0.4 is 5.73 Å². The van der Waals surface area contributed by atoms with Crippen molar-refractivity contribution in [1.29, 1.82) is 0 Å². The van der Waals surface area contributed by atoms with Crippen LogP contribution in [0.25, 0.3) is 0 Å². The molecule has 21 heavy (non-hydrogen) atoms. The summed E-state index contributed by atoms with van der Waals surface area (Å²) >= 11 is 5.22. The first-order chi connectivity index (χ1) is 9.97. The molecule has 0 radical (unpaired) electrons. The SMILES string of the molecule is CCC(N)Cc1ccc(Sc2nc(C)cc(C)n2)cc1Br. The van der Waals surface area contributed by atoms with E-state index < -0.39 is 0 Å². The largest absolute Gasteiger partial charge is 0.327 e. The zero-order valence-electron chi connectivity index (χ0n) is 12.6. The summed E-state index contributed by atoms with van der Waals surface area (Å²) in [5.41, 5.74) is 9.26. The summed E-state index contributed by atoms with van der Waals surface area (Å²) in [6, 6.07) is 8.54. The summed E-state index contributed by atoms with van der Waals surface area (Å²) in [6.45, 7) is 6.09. The van der Waals surface area contributed by atoms with Gasteiger partial charge in [-0.1, -0.05) is 28.9 Å². The molecule has 0 aliphatic heterocycles. The normalized spacial score (nSPS) is 12.4.